The van der Waals surface area contributed by atoms with Crippen molar-refractivity contribution in [2.24, 2.45) is 5.92 Å². The number of piperidine rings is 1. The maximum Gasteiger partial charge on any atom is 0.284 e. The van der Waals surface area contributed by atoms with Crippen molar-refractivity contribution in [1.29, 1.82) is 0 Å². The summed E-state index contributed by atoms with van der Waals surface area (Å²) in [5.41, 5.74) is 6.59. The predicted octanol–water partition coefficient (Wildman–Crippen LogP) is 3.70. The predicted molar refractivity (Wildman–Crippen MR) is 146 cm³/mol. The Balaban J connectivity index is 1.44. The molecule has 0 amide bonds. The molecule has 0 atom stereocenters. The van der Waals surface area contributed by atoms with Crippen molar-refractivity contribution in [3.8, 4) is 0 Å². The Labute approximate surface area is 221 Å². The summed E-state index contributed by atoms with van der Waals surface area (Å²) < 4.78 is 36.0. The van der Waals surface area contributed by atoms with Crippen LogP contribution in [0.4, 0.5) is 11.6 Å². The Morgan fingerprint density at radius 1 is 1.08 bits per heavy atom. The van der Waals surface area contributed by atoms with E-state index in [0.717, 1.165) is 50.3 Å². The minimum absolute atomic E-state index is 0.0926. The molecule has 2 aliphatic carbocycles. The van der Waals surface area contributed by atoms with Gasteiger partial charge in [0.25, 0.3) is 15.2 Å². The number of ether oxygens (including phenoxy) is 1. The van der Waals surface area contributed by atoms with Crippen LogP contribution in [0.5, 0.6) is 0 Å². The van der Waals surface area contributed by atoms with E-state index >= 15 is 0 Å². The van der Waals surface area contributed by atoms with E-state index in [1.165, 1.54) is 26.6 Å². The number of fused-ring (bicyclic) bond motifs is 2. The number of aliphatic hydroxyl groups is 1. The minimum Gasteiger partial charge on any atom is -0.396 e. The summed E-state index contributed by atoms with van der Waals surface area (Å²) in [6.07, 6.45) is 7.80. The normalized spacial score (nSPS) is 18.8. The number of hydrogen-bond donors (Lipinski definition) is 2. The smallest absolute Gasteiger partial charge is 0.284 e. The van der Waals surface area contributed by atoms with Crippen LogP contribution in [0.3, 0.4) is 0 Å². The number of nitrogens with one attached hydrogen (secondary N) is 1. The molecule has 1 aliphatic heterocycles. The lowest BCUT2D eigenvalue weighted by Crippen LogP contribution is -2.39. The largest absolute Gasteiger partial charge is 0.396 e. The van der Waals surface area contributed by atoms with Crippen molar-refractivity contribution in [1.82, 2.24) is 19.1 Å². The molecule has 0 bridgehead atoms. The molecule has 5 rings (SSSR count). The average Bonchev–Trinajstić information content (AvgIpc) is 3.61. The van der Waals surface area contributed by atoms with Crippen LogP contribution in [0.2, 0.25) is 25.7 Å². The second kappa shape index (κ2) is 10.8. The van der Waals surface area contributed by atoms with Gasteiger partial charge in [-0.1, -0.05) is 25.7 Å². The molecular weight excluding hydrogens is 506 g/mol. The van der Waals surface area contributed by atoms with Gasteiger partial charge in [-0.3, -0.25) is 0 Å². The van der Waals surface area contributed by atoms with E-state index in [-0.39, 0.29) is 24.4 Å². The minimum atomic E-state index is -3.84. The van der Waals surface area contributed by atoms with Crippen molar-refractivity contribution < 1.29 is 18.3 Å². The van der Waals surface area contributed by atoms with Gasteiger partial charge < -0.3 is 15.2 Å². The molecule has 1 aromatic heterocycles. The van der Waals surface area contributed by atoms with Crippen molar-refractivity contribution in [3.05, 3.63) is 28.3 Å². The summed E-state index contributed by atoms with van der Waals surface area (Å²) in [6, 6.07) is 3.40. The number of anilines is 2. The number of nitrogens with zero attached hydrogens (tertiary/aromatic N) is 4. The Bertz CT molecular complexity index is 1200. The van der Waals surface area contributed by atoms with Gasteiger partial charge in [-0.25, -0.2) is 13.1 Å². The van der Waals surface area contributed by atoms with E-state index in [1.807, 2.05) is 0 Å². The summed E-state index contributed by atoms with van der Waals surface area (Å²) in [5.74, 6) is 0.572. The number of sulfonamides is 1. The lowest BCUT2D eigenvalue weighted by atomic mass is 9.99. The monoisotopic (exact) mass is 547 g/mol. The number of rotatable bonds is 10. The van der Waals surface area contributed by atoms with Crippen LogP contribution in [0, 0.1) is 5.92 Å². The van der Waals surface area contributed by atoms with Gasteiger partial charge in [-0.05, 0) is 85.6 Å². The molecule has 3 aliphatic rings. The molecule has 1 fully saturated rings. The third-order valence-electron chi connectivity index (χ3n) is 7.97. The molecule has 1 saturated heterocycles. The standard InChI is InChI=1S/C26H41N5O4SSi/c1-37(2,3)15-14-35-18-31-25(27-24-22-8-4-6-20(22)16-21-7-5-9-23(21)24)28-26(29-31)36(33,34)30-12-10-19(17-32)11-13-30/h16,19,32H,4-15,17-18H2,1-3H3,(H,27,28,29). The Kier molecular flexibility index (Phi) is 7.79. The number of aliphatic hydroxyl groups excluding tert-OH is 1. The molecule has 0 saturated carbocycles. The first-order chi connectivity index (χ1) is 17.7. The Hall–Kier alpha value is -1.79. The SMILES string of the molecule is C[Si](C)(C)CCOCn1nc(S(=O)(=O)N2CCC(CO)CC2)nc1Nc1c2c(cc3c1CCC3)CCC2. The maximum absolute atomic E-state index is 13.5. The molecule has 1 aromatic carbocycles. The highest BCUT2D eigenvalue weighted by Gasteiger charge is 2.34. The summed E-state index contributed by atoms with van der Waals surface area (Å²) >= 11 is 0. The van der Waals surface area contributed by atoms with Gasteiger partial charge in [0.1, 0.15) is 6.73 Å². The van der Waals surface area contributed by atoms with Crippen LogP contribution in [0.1, 0.15) is 47.9 Å². The first-order valence-electron chi connectivity index (χ1n) is 13.7. The van der Waals surface area contributed by atoms with Crippen LogP contribution in [-0.4, -0.2) is 67.0 Å². The lowest BCUT2D eigenvalue weighted by Gasteiger charge is -2.29. The van der Waals surface area contributed by atoms with E-state index in [4.69, 9.17) is 4.74 Å². The maximum atomic E-state index is 13.5. The zero-order valence-electron chi connectivity index (χ0n) is 22.4. The van der Waals surface area contributed by atoms with Crippen molar-refractivity contribution in [3.63, 3.8) is 0 Å². The molecule has 0 spiro atoms. The fourth-order valence-corrected chi connectivity index (χ4v) is 7.75. The number of hydrogen-bond acceptors (Lipinski definition) is 7. The molecule has 11 heteroatoms. The molecule has 204 valence electrons. The summed E-state index contributed by atoms with van der Waals surface area (Å²) in [6.45, 7) is 8.52. The van der Waals surface area contributed by atoms with E-state index in [9.17, 15) is 13.5 Å². The van der Waals surface area contributed by atoms with Gasteiger partial charge in [-0.15, -0.1) is 5.10 Å². The fourth-order valence-electron chi connectivity index (χ4n) is 5.67. The van der Waals surface area contributed by atoms with E-state index in [2.05, 4.69) is 41.1 Å². The first-order valence-corrected chi connectivity index (χ1v) is 18.9. The van der Waals surface area contributed by atoms with Crippen LogP contribution >= 0.6 is 0 Å². The summed E-state index contributed by atoms with van der Waals surface area (Å²) in [5, 5.41) is 17.3. The summed E-state index contributed by atoms with van der Waals surface area (Å²) in [7, 11) is -5.10. The third-order valence-corrected chi connectivity index (χ3v) is 11.4. The second-order valence-electron chi connectivity index (χ2n) is 12.0. The lowest BCUT2D eigenvalue weighted by molar-refractivity contribution is 0.0791. The summed E-state index contributed by atoms with van der Waals surface area (Å²) in [4.78, 5) is 4.56. The van der Waals surface area contributed by atoms with E-state index in [1.54, 1.807) is 4.68 Å². The molecule has 2 aromatic rings. The zero-order chi connectivity index (χ0) is 26.2. The highest BCUT2D eigenvalue weighted by atomic mass is 32.2. The molecule has 0 unspecified atom stereocenters. The van der Waals surface area contributed by atoms with Crippen LogP contribution in [0.25, 0.3) is 0 Å². The van der Waals surface area contributed by atoms with Gasteiger partial charge in [0.15, 0.2) is 0 Å². The van der Waals surface area contributed by atoms with Crippen LogP contribution in [-0.2, 0) is 47.2 Å². The average molecular weight is 548 g/mol. The quantitative estimate of drug-likeness (QED) is 0.345. The van der Waals surface area contributed by atoms with E-state index < -0.39 is 18.1 Å². The number of benzene rings is 1. The number of aromatic nitrogens is 3. The fraction of sp³-hybridized carbons (Fsp3) is 0.692. The van der Waals surface area contributed by atoms with Gasteiger partial charge in [0, 0.05) is 40.1 Å². The van der Waals surface area contributed by atoms with Crippen LogP contribution < -0.4 is 5.32 Å². The Morgan fingerprint density at radius 2 is 1.73 bits per heavy atom. The molecule has 9 nitrogen and oxygen atoms in total. The van der Waals surface area contributed by atoms with Gasteiger partial charge in [0.05, 0.1) is 0 Å². The van der Waals surface area contributed by atoms with Crippen molar-refractivity contribution >= 4 is 29.7 Å². The second-order valence-corrected chi connectivity index (χ2v) is 19.4. The number of aryl methyl sites for hydroxylation is 2. The van der Waals surface area contributed by atoms with Crippen molar-refractivity contribution in [2.75, 3.05) is 31.6 Å². The molecule has 37 heavy (non-hydrogen) atoms. The topological polar surface area (TPSA) is 110 Å². The first kappa shape index (κ1) is 26.8. The van der Waals surface area contributed by atoms with Gasteiger partial charge in [-0.2, -0.15) is 9.29 Å². The molecule has 2 heterocycles. The van der Waals surface area contributed by atoms with Crippen LogP contribution in [0.15, 0.2) is 11.2 Å². The highest BCUT2D eigenvalue weighted by Crippen LogP contribution is 2.40. The molecular formula is C26H41N5O4SSi. The van der Waals surface area contributed by atoms with Gasteiger partial charge >= 0.3 is 0 Å². The third kappa shape index (κ3) is 5.80. The van der Waals surface area contributed by atoms with Gasteiger partial charge in [0.2, 0.25) is 5.95 Å². The molecule has 0 radical (unpaired) electrons. The molecule has 2 N–H and O–H groups in total. The zero-order valence-corrected chi connectivity index (χ0v) is 24.2. The van der Waals surface area contributed by atoms with Crippen molar-refractivity contribution in [2.45, 2.75) is 88.9 Å². The van der Waals surface area contributed by atoms with E-state index in [0.29, 0.717) is 38.5 Å². The Morgan fingerprint density at radius 3 is 2.32 bits per heavy atom. The highest BCUT2D eigenvalue weighted by molar-refractivity contribution is 7.88.